The van der Waals surface area contributed by atoms with Gasteiger partial charge in [0.2, 0.25) is 5.91 Å². The van der Waals surface area contributed by atoms with Crippen LogP contribution in [-0.4, -0.2) is 49.4 Å². The Kier molecular flexibility index (Phi) is 5.43. The molecule has 0 saturated carbocycles. The van der Waals surface area contributed by atoms with Gasteiger partial charge in [-0.15, -0.1) is 0 Å². The van der Waals surface area contributed by atoms with Crippen LogP contribution in [0.1, 0.15) is 23.2 Å². The Morgan fingerprint density at radius 3 is 2.59 bits per heavy atom. The Morgan fingerprint density at radius 2 is 1.95 bits per heavy atom. The van der Waals surface area contributed by atoms with E-state index in [-0.39, 0.29) is 17.5 Å². The summed E-state index contributed by atoms with van der Waals surface area (Å²) in [6.07, 6.45) is 1.33. The van der Waals surface area contributed by atoms with Gasteiger partial charge in [0.25, 0.3) is 5.91 Å². The van der Waals surface area contributed by atoms with Crippen molar-refractivity contribution >= 4 is 11.8 Å². The number of hydrogen-bond acceptors (Lipinski definition) is 3. The number of piperidine rings is 1. The normalized spacial score (nSPS) is 16.3. The second kappa shape index (κ2) is 7.31. The topological polar surface area (TPSA) is 61.4 Å². The number of hydrogen-bond donors (Lipinski definition) is 2. The van der Waals surface area contributed by atoms with Crippen LogP contribution in [-0.2, 0) is 4.79 Å². The first-order valence-electron chi connectivity index (χ1n) is 7.18. The number of amides is 2. The average molecular weight is 311 g/mol. The monoisotopic (exact) mass is 311 g/mol. The lowest BCUT2D eigenvalue weighted by atomic mass is 10.0. The standard InChI is InChI=1S/C15H19F2N3O2/c1-18-14(21)9-20-6-4-11(5-7-20)19-15(22)12-8-10(16)2-3-13(12)17/h2-3,8,11H,4-7,9H2,1H3,(H,18,21)(H,19,22). The molecule has 0 spiro atoms. The van der Waals surface area contributed by atoms with Crippen molar-refractivity contribution in [1.82, 2.24) is 15.5 Å². The Bertz CT molecular complexity index is 558. The fraction of sp³-hybridized carbons (Fsp3) is 0.467. The van der Waals surface area contributed by atoms with E-state index in [9.17, 15) is 18.4 Å². The first-order valence-corrected chi connectivity index (χ1v) is 7.18. The van der Waals surface area contributed by atoms with Gasteiger partial charge in [-0.3, -0.25) is 14.5 Å². The molecule has 1 aromatic carbocycles. The molecule has 1 heterocycles. The smallest absolute Gasteiger partial charge is 0.254 e. The Balaban J connectivity index is 1.86. The number of likely N-dealkylation sites (tertiary alicyclic amines) is 1. The predicted octanol–water partition coefficient (Wildman–Crippen LogP) is 0.905. The van der Waals surface area contributed by atoms with Gasteiger partial charge in [-0.2, -0.15) is 0 Å². The van der Waals surface area contributed by atoms with E-state index in [0.717, 1.165) is 18.2 Å². The molecule has 0 atom stereocenters. The summed E-state index contributed by atoms with van der Waals surface area (Å²) in [5.41, 5.74) is -0.284. The number of rotatable bonds is 4. The number of nitrogens with one attached hydrogen (secondary N) is 2. The third-order valence-corrected chi connectivity index (χ3v) is 3.74. The number of likely N-dealkylation sites (N-methyl/N-ethyl adjacent to an activating group) is 1. The van der Waals surface area contributed by atoms with Crippen LogP contribution in [0.5, 0.6) is 0 Å². The van der Waals surface area contributed by atoms with Crippen LogP contribution in [0.25, 0.3) is 0 Å². The quantitative estimate of drug-likeness (QED) is 0.869. The minimum Gasteiger partial charge on any atom is -0.358 e. The molecule has 5 nitrogen and oxygen atoms in total. The third kappa shape index (κ3) is 4.24. The number of carbonyl (C=O) groups is 2. The highest BCUT2D eigenvalue weighted by molar-refractivity contribution is 5.94. The Hall–Kier alpha value is -2.02. The predicted molar refractivity (Wildman–Crippen MR) is 77.4 cm³/mol. The summed E-state index contributed by atoms with van der Waals surface area (Å²) in [6.45, 7) is 1.67. The highest BCUT2D eigenvalue weighted by Crippen LogP contribution is 2.13. The van der Waals surface area contributed by atoms with Crippen molar-refractivity contribution in [2.45, 2.75) is 18.9 Å². The Morgan fingerprint density at radius 1 is 1.27 bits per heavy atom. The van der Waals surface area contributed by atoms with Crippen molar-refractivity contribution < 1.29 is 18.4 Å². The van der Waals surface area contributed by atoms with E-state index in [1.807, 2.05) is 4.90 Å². The van der Waals surface area contributed by atoms with Gasteiger partial charge in [-0.1, -0.05) is 0 Å². The zero-order valence-corrected chi connectivity index (χ0v) is 12.4. The lowest BCUT2D eigenvalue weighted by Crippen LogP contribution is -2.47. The van der Waals surface area contributed by atoms with Gasteiger partial charge in [0.15, 0.2) is 0 Å². The highest BCUT2D eigenvalue weighted by atomic mass is 19.1. The molecule has 2 rings (SSSR count). The number of benzene rings is 1. The lowest BCUT2D eigenvalue weighted by Gasteiger charge is -2.31. The molecule has 7 heteroatoms. The lowest BCUT2D eigenvalue weighted by molar-refractivity contribution is -0.122. The fourth-order valence-corrected chi connectivity index (χ4v) is 2.45. The summed E-state index contributed by atoms with van der Waals surface area (Å²) in [6, 6.07) is 2.71. The molecule has 1 saturated heterocycles. The van der Waals surface area contributed by atoms with Crippen LogP contribution >= 0.6 is 0 Å². The summed E-state index contributed by atoms with van der Waals surface area (Å²) in [7, 11) is 1.59. The first-order chi connectivity index (χ1) is 10.5. The molecule has 0 unspecified atom stereocenters. The average Bonchev–Trinajstić information content (AvgIpc) is 2.51. The highest BCUT2D eigenvalue weighted by Gasteiger charge is 2.23. The molecular weight excluding hydrogens is 292 g/mol. The van der Waals surface area contributed by atoms with E-state index in [2.05, 4.69) is 10.6 Å². The van der Waals surface area contributed by atoms with Crippen LogP contribution < -0.4 is 10.6 Å². The third-order valence-electron chi connectivity index (χ3n) is 3.74. The maximum absolute atomic E-state index is 13.5. The summed E-state index contributed by atoms with van der Waals surface area (Å²) >= 11 is 0. The van der Waals surface area contributed by atoms with Crippen LogP contribution in [0.2, 0.25) is 0 Å². The zero-order chi connectivity index (χ0) is 16.1. The summed E-state index contributed by atoms with van der Waals surface area (Å²) in [5.74, 6) is -2.05. The van der Waals surface area contributed by atoms with Gasteiger partial charge in [0.1, 0.15) is 11.6 Å². The maximum Gasteiger partial charge on any atom is 0.254 e. The van der Waals surface area contributed by atoms with Gasteiger partial charge < -0.3 is 10.6 Å². The molecule has 1 aliphatic rings. The van der Waals surface area contributed by atoms with Crippen molar-refractivity contribution in [3.8, 4) is 0 Å². The van der Waals surface area contributed by atoms with Crippen LogP contribution in [0, 0.1) is 11.6 Å². The molecule has 1 fully saturated rings. The molecule has 0 bridgehead atoms. The van der Waals surface area contributed by atoms with Gasteiger partial charge in [0, 0.05) is 26.2 Å². The van der Waals surface area contributed by atoms with Gasteiger partial charge in [-0.05, 0) is 31.0 Å². The number of nitrogens with zero attached hydrogens (tertiary/aromatic N) is 1. The van der Waals surface area contributed by atoms with Crippen molar-refractivity contribution in [1.29, 1.82) is 0 Å². The molecule has 0 aliphatic carbocycles. The van der Waals surface area contributed by atoms with Gasteiger partial charge in [-0.25, -0.2) is 8.78 Å². The molecule has 2 N–H and O–H groups in total. The van der Waals surface area contributed by atoms with Crippen molar-refractivity contribution in [2.24, 2.45) is 0 Å². The van der Waals surface area contributed by atoms with Crippen molar-refractivity contribution in [3.05, 3.63) is 35.4 Å². The summed E-state index contributed by atoms with van der Waals surface area (Å²) in [4.78, 5) is 25.3. The van der Waals surface area contributed by atoms with Crippen LogP contribution in [0.4, 0.5) is 8.78 Å². The van der Waals surface area contributed by atoms with E-state index < -0.39 is 17.5 Å². The molecule has 2 amide bonds. The van der Waals surface area contributed by atoms with E-state index in [4.69, 9.17) is 0 Å². The largest absolute Gasteiger partial charge is 0.358 e. The van der Waals surface area contributed by atoms with E-state index in [1.165, 1.54) is 0 Å². The second-order valence-corrected chi connectivity index (χ2v) is 5.32. The molecule has 120 valence electrons. The van der Waals surface area contributed by atoms with E-state index >= 15 is 0 Å². The SMILES string of the molecule is CNC(=O)CN1CCC(NC(=O)c2cc(F)ccc2F)CC1. The van der Waals surface area contributed by atoms with Crippen LogP contribution in [0.15, 0.2) is 18.2 Å². The first kappa shape index (κ1) is 16.4. The second-order valence-electron chi connectivity index (χ2n) is 5.32. The van der Waals surface area contributed by atoms with Crippen molar-refractivity contribution in [3.63, 3.8) is 0 Å². The molecule has 1 aliphatic heterocycles. The molecule has 1 aromatic rings. The molecular formula is C15H19F2N3O2. The Labute approximate surface area is 127 Å². The van der Waals surface area contributed by atoms with Crippen molar-refractivity contribution in [2.75, 3.05) is 26.7 Å². The van der Waals surface area contributed by atoms with E-state index in [0.29, 0.717) is 32.5 Å². The van der Waals surface area contributed by atoms with Gasteiger partial charge >= 0.3 is 0 Å². The summed E-state index contributed by atoms with van der Waals surface area (Å²) in [5, 5.41) is 5.28. The van der Waals surface area contributed by atoms with E-state index in [1.54, 1.807) is 7.05 Å². The number of carbonyl (C=O) groups excluding carboxylic acids is 2. The maximum atomic E-state index is 13.5. The minimum absolute atomic E-state index is 0.0516. The molecule has 0 radical (unpaired) electrons. The molecule has 22 heavy (non-hydrogen) atoms. The number of halogens is 2. The minimum atomic E-state index is -0.740. The van der Waals surface area contributed by atoms with Crippen LogP contribution in [0.3, 0.4) is 0 Å². The van der Waals surface area contributed by atoms with Gasteiger partial charge in [0.05, 0.1) is 12.1 Å². The fourth-order valence-electron chi connectivity index (χ4n) is 2.45. The zero-order valence-electron chi connectivity index (χ0n) is 12.4. The summed E-state index contributed by atoms with van der Waals surface area (Å²) < 4.78 is 26.6. The molecule has 0 aromatic heterocycles.